The van der Waals surface area contributed by atoms with Crippen LogP contribution in [0.25, 0.3) is 10.9 Å². The molecule has 0 radical (unpaired) electrons. The van der Waals surface area contributed by atoms with Crippen molar-refractivity contribution in [3.8, 4) is 0 Å². The average Bonchev–Trinajstić information content (AvgIpc) is 2.77. The monoisotopic (exact) mass is 466 g/mol. The molecule has 0 aliphatic heterocycles. The molecule has 4 rings (SSSR count). The van der Waals surface area contributed by atoms with Gasteiger partial charge in [0, 0.05) is 22.6 Å². The predicted octanol–water partition coefficient (Wildman–Crippen LogP) is 5.50. The number of halogens is 2. The lowest BCUT2D eigenvalue weighted by atomic mass is 10.1. The number of amides is 1. The van der Waals surface area contributed by atoms with Gasteiger partial charge < -0.3 is 15.7 Å². The summed E-state index contributed by atoms with van der Waals surface area (Å²) in [5, 5.41) is 16.7. The van der Waals surface area contributed by atoms with Gasteiger partial charge in [-0.3, -0.25) is 4.79 Å². The molecular weight excluding hydrogens is 451 g/mol. The highest BCUT2D eigenvalue weighted by molar-refractivity contribution is 6.37. The van der Waals surface area contributed by atoms with E-state index in [0.717, 1.165) is 5.56 Å². The van der Waals surface area contributed by atoms with Crippen LogP contribution in [0.5, 0.6) is 0 Å². The normalized spacial score (nSPS) is 10.7. The summed E-state index contributed by atoms with van der Waals surface area (Å²) < 4.78 is 0. The summed E-state index contributed by atoms with van der Waals surface area (Å²) in [6.45, 7) is 0.398. The smallest absolute Gasteiger partial charge is 0.337 e. The van der Waals surface area contributed by atoms with Gasteiger partial charge in [0.05, 0.1) is 21.7 Å². The Morgan fingerprint density at radius 2 is 1.75 bits per heavy atom. The molecule has 3 N–H and O–H groups in total. The van der Waals surface area contributed by atoms with Crippen LogP contribution in [0.3, 0.4) is 0 Å². The molecule has 32 heavy (non-hydrogen) atoms. The molecule has 0 spiro atoms. The van der Waals surface area contributed by atoms with Crippen LogP contribution in [0, 0.1) is 0 Å². The van der Waals surface area contributed by atoms with Gasteiger partial charge in [0.25, 0.3) is 5.91 Å². The molecule has 0 atom stereocenters. The molecule has 1 heterocycles. The van der Waals surface area contributed by atoms with Crippen molar-refractivity contribution in [1.29, 1.82) is 0 Å². The first-order valence-electron chi connectivity index (χ1n) is 9.48. The number of anilines is 2. The number of hydrogen-bond acceptors (Lipinski definition) is 5. The number of aromatic nitrogens is 2. The number of carbonyl (C=O) groups is 2. The molecule has 0 aliphatic rings. The van der Waals surface area contributed by atoms with Gasteiger partial charge >= 0.3 is 5.97 Å². The van der Waals surface area contributed by atoms with Crippen LogP contribution < -0.4 is 10.6 Å². The minimum atomic E-state index is -1.05. The first-order chi connectivity index (χ1) is 15.4. The van der Waals surface area contributed by atoms with E-state index in [-0.39, 0.29) is 16.5 Å². The molecule has 160 valence electrons. The first-order valence-corrected chi connectivity index (χ1v) is 10.2. The molecule has 9 heteroatoms. The van der Waals surface area contributed by atoms with E-state index in [1.165, 1.54) is 18.5 Å². The lowest BCUT2D eigenvalue weighted by Crippen LogP contribution is -2.13. The molecule has 1 amide bonds. The average molecular weight is 467 g/mol. The van der Waals surface area contributed by atoms with E-state index in [2.05, 4.69) is 20.6 Å². The van der Waals surface area contributed by atoms with Gasteiger partial charge in [-0.15, -0.1) is 0 Å². The molecule has 0 unspecified atom stereocenters. The van der Waals surface area contributed by atoms with E-state index >= 15 is 0 Å². The standard InChI is InChI=1S/C23H16Cl2N4O3/c24-14-7-8-16(19(25)10-14)22(30)29-15-4-1-3-13(9-15)11-26-21-17-5-2-6-18(23(31)32)20(17)27-12-28-21/h1-10,12H,11H2,(H,29,30)(H,31,32)(H,26,27,28). The second-order valence-corrected chi connectivity index (χ2v) is 7.71. The zero-order valence-corrected chi connectivity index (χ0v) is 18.0. The summed E-state index contributed by atoms with van der Waals surface area (Å²) in [4.78, 5) is 32.3. The zero-order valence-electron chi connectivity index (χ0n) is 16.5. The Labute approximate surface area is 193 Å². The molecule has 3 aromatic carbocycles. The maximum Gasteiger partial charge on any atom is 0.337 e. The molecule has 0 aliphatic carbocycles. The molecule has 4 aromatic rings. The van der Waals surface area contributed by atoms with Crippen molar-refractivity contribution >= 4 is 57.5 Å². The molecule has 0 saturated heterocycles. The van der Waals surface area contributed by atoms with Crippen LogP contribution >= 0.6 is 23.2 Å². The fourth-order valence-electron chi connectivity index (χ4n) is 3.22. The number of carboxylic acids is 1. The van der Waals surface area contributed by atoms with Crippen LogP contribution in [0.2, 0.25) is 10.0 Å². The second-order valence-electron chi connectivity index (χ2n) is 6.86. The zero-order chi connectivity index (χ0) is 22.7. The predicted molar refractivity (Wildman–Crippen MR) is 125 cm³/mol. The van der Waals surface area contributed by atoms with Gasteiger partial charge in [-0.2, -0.15) is 0 Å². The quantitative estimate of drug-likeness (QED) is 0.346. The Bertz CT molecular complexity index is 1340. The SMILES string of the molecule is O=C(Nc1cccc(CNc2ncnc3c(C(=O)O)cccc23)c1)c1ccc(Cl)cc1Cl. The van der Waals surface area contributed by atoms with E-state index in [1.807, 2.05) is 18.2 Å². The molecule has 1 aromatic heterocycles. The number of para-hydroxylation sites is 1. The third-order valence-electron chi connectivity index (χ3n) is 4.72. The molecule has 0 bridgehead atoms. The third kappa shape index (κ3) is 4.64. The molecule has 0 saturated carbocycles. The van der Waals surface area contributed by atoms with E-state index in [4.69, 9.17) is 23.2 Å². The summed E-state index contributed by atoms with van der Waals surface area (Å²) in [5.74, 6) is -0.885. The summed E-state index contributed by atoms with van der Waals surface area (Å²) in [5.41, 5.74) is 2.27. The number of carboxylic acid groups (broad SMARTS) is 1. The Hall–Kier alpha value is -3.68. The molecule has 0 fully saturated rings. The number of hydrogen-bond donors (Lipinski definition) is 3. The highest BCUT2D eigenvalue weighted by Crippen LogP contribution is 2.24. The van der Waals surface area contributed by atoms with Gasteiger partial charge in [-0.05, 0) is 48.0 Å². The lowest BCUT2D eigenvalue weighted by Gasteiger charge is -2.11. The molecule has 7 nitrogen and oxygen atoms in total. The number of aromatic carboxylic acids is 1. The summed E-state index contributed by atoms with van der Waals surface area (Å²) >= 11 is 12.0. The second kappa shape index (κ2) is 9.21. The minimum Gasteiger partial charge on any atom is -0.478 e. The largest absolute Gasteiger partial charge is 0.478 e. The number of carbonyl (C=O) groups excluding carboxylic acids is 1. The van der Waals surface area contributed by atoms with Gasteiger partial charge in [0.15, 0.2) is 0 Å². The molecular formula is C23H16Cl2N4O3. The van der Waals surface area contributed by atoms with Gasteiger partial charge in [0.1, 0.15) is 12.1 Å². The highest BCUT2D eigenvalue weighted by atomic mass is 35.5. The van der Waals surface area contributed by atoms with Crippen LogP contribution in [-0.2, 0) is 6.54 Å². The maximum atomic E-state index is 12.6. The van der Waals surface area contributed by atoms with Crippen LogP contribution in [0.15, 0.2) is 67.0 Å². The van der Waals surface area contributed by atoms with Crippen LogP contribution in [-0.4, -0.2) is 27.0 Å². The fraction of sp³-hybridized carbons (Fsp3) is 0.0435. The Kier molecular flexibility index (Phi) is 6.20. The summed E-state index contributed by atoms with van der Waals surface area (Å²) in [6, 6.07) is 16.9. The van der Waals surface area contributed by atoms with Crippen molar-refractivity contribution in [2.45, 2.75) is 6.54 Å². The number of nitrogens with zero attached hydrogens (tertiary/aromatic N) is 2. The first kappa shape index (κ1) is 21.5. The fourth-order valence-corrected chi connectivity index (χ4v) is 3.71. The van der Waals surface area contributed by atoms with Crippen molar-refractivity contribution in [3.63, 3.8) is 0 Å². The van der Waals surface area contributed by atoms with Crippen LogP contribution in [0.1, 0.15) is 26.3 Å². The van der Waals surface area contributed by atoms with Gasteiger partial charge in [-0.25, -0.2) is 14.8 Å². The van der Waals surface area contributed by atoms with Gasteiger partial charge in [0.2, 0.25) is 0 Å². The van der Waals surface area contributed by atoms with E-state index in [9.17, 15) is 14.7 Å². The maximum absolute atomic E-state index is 12.6. The Morgan fingerprint density at radius 1 is 0.938 bits per heavy atom. The van der Waals surface area contributed by atoms with E-state index in [1.54, 1.807) is 30.3 Å². The van der Waals surface area contributed by atoms with Crippen molar-refractivity contribution in [1.82, 2.24) is 9.97 Å². The minimum absolute atomic E-state index is 0.110. The van der Waals surface area contributed by atoms with Gasteiger partial charge in [-0.1, -0.05) is 41.4 Å². The Morgan fingerprint density at radius 3 is 2.53 bits per heavy atom. The lowest BCUT2D eigenvalue weighted by molar-refractivity contribution is 0.0698. The third-order valence-corrected chi connectivity index (χ3v) is 5.26. The van der Waals surface area contributed by atoms with Crippen molar-refractivity contribution in [2.24, 2.45) is 0 Å². The van der Waals surface area contributed by atoms with E-state index < -0.39 is 5.97 Å². The number of fused-ring (bicyclic) bond motifs is 1. The number of nitrogens with one attached hydrogen (secondary N) is 2. The van der Waals surface area contributed by atoms with Crippen LogP contribution in [0.4, 0.5) is 11.5 Å². The Balaban J connectivity index is 1.51. The highest BCUT2D eigenvalue weighted by Gasteiger charge is 2.13. The number of rotatable bonds is 6. The number of benzene rings is 3. The topological polar surface area (TPSA) is 104 Å². The van der Waals surface area contributed by atoms with Crippen molar-refractivity contribution < 1.29 is 14.7 Å². The summed E-state index contributed by atoms with van der Waals surface area (Å²) in [6.07, 6.45) is 1.32. The van der Waals surface area contributed by atoms with Crippen molar-refractivity contribution in [3.05, 3.63) is 93.7 Å². The van der Waals surface area contributed by atoms with E-state index in [0.29, 0.717) is 39.5 Å². The summed E-state index contributed by atoms with van der Waals surface area (Å²) in [7, 11) is 0. The van der Waals surface area contributed by atoms with Crippen molar-refractivity contribution in [2.75, 3.05) is 10.6 Å².